The van der Waals surface area contributed by atoms with Gasteiger partial charge in [-0.2, -0.15) is 0 Å². The summed E-state index contributed by atoms with van der Waals surface area (Å²) in [6.45, 7) is 8.95. The van der Waals surface area contributed by atoms with Gasteiger partial charge in [-0.25, -0.2) is 4.79 Å². The molecule has 5 nitrogen and oxygen atoms in total. The largest absolute Gasteiger partial charge is 0.443 e. The van der Waals surface area contributed by atoms with E-state index in [9.17, 15) is 4.79 Å². The van der Waals surface area contributed by atoms with Gasteiger partial charge in [0.05, 0.1) is 11.4 Å². The first kappa shape index (κ1) is 15.6. The maximum Gasteiger partial charge on any atom is 0.414 e. The van der Waals surface area contributed by atoms with Crippen LogP contribution >= 0.6 is 0 Å². The molecule has 116 valence electrons. The quantitative estimate of drug-likeness (QED) is 0.864. The maximum absolute atomic E-state index is 12.4. The van der Waals surface area contributed by atoms with Crippen molar-refractivity contribution in [1.82, 2.24) is 0 Å². The Morgan fingerprint density at radius 2 is 2.00 bits per heavy atom. The number of nitrogens with zero attached hydrogens (tertiary/aromatic N) is 2. The lowest BCUT2D eigenvalue weighted by Crippen LogP contribution is -2.45. The summed E-state index contributed by atoms with van der Waals surface area (Å²) in [5.74, 6) is 0. The normalized spacial score (nSPS) is 16.5. The monoisotopic (exact) mass is 291 g/mol. The second kappa shape index (κ2) is 5.56. The smallest absolute Gasteiger partial charge is 0.414 e. The summed E-state index contributed by atoms with van der Waals surface area (Å²) >= 11 is 0. The molecule has 0 saturated heterocycles. The Labute approximate surface area is 126 Å². The zero-order chi connectivity index (χ0) is 15.8. The minimum Gasteiger partial charge on any atom is -0.443 e. The number of hydrogen-bond acceptors (Lipinski definition) is 4. The van der Waals surface area contributed by atoms with Crippen LogP contribution in [0.4, 0.5) is 16.2 Å². The molecule has 1 aromatic carbocycles. The van der Waals surface area contributed by atoms with Gasteiger partial charge in [-0.05, 0) is 39.3 Å². The van der Waals surface area contributed by atoms with Gasteiger partial charge in [0.1, 0.15) is 5.60 Å². The summed E-state index contributed by atoms with van der Waals surface area (Å²) in [5.41, 5.74) is 8.49. The van der Waals surface area contributed by atoms with Crippen LogP contribution in [0.2, 0.25) is 0 Å². The lowest BCUT2D eigenvalue weighted by Gasteiger charge is -2.38. The second-order valence-electron chi connectivity index (χ2n) is 6.56. The third kappa shape index (κ3) is 3.29. The number of likely N-dealkylation sites (N-methyl/N-ethyl adjacent to an activating group) is 1. The highest BCUT2D eigenvalue weighted by molar-refractivity contribution is 5.94. The number of fused-ring (bicyclic) bond motifs is 1. The van der Waals surface area contributed by atoms with Crippen molar-refractivity contribution in [1.29, 1.82) is 0 Å². The van der Waals surface area contributed by atoms with Crippen LogP contribution in [0.15, 0.2) is 18.2 Å². The fraction of sp³-hybridized carbons (Fsp3) is 0.562. The molecule has 1 aromatic rings. The number of carbonyl (C=O) groups is 1. The molecule has 0 radical (unpaired) electrons. The molecule has 5 heteroatoms. The second-order valence-corrected chi connectivity index (χ2v) is 6.56. The van der Waals surface area contributed by atoms with E-state index >= 15 is 0 Å². The van der Waals surface area contributed by atoms with Gasteiger partial charge < -0.3 is 15.4 Å². The van der Waals surface area contributed by atoms with Crippen molar-refractivity contribution in [3.8, 4) is 0 Å². The highest BCUT2D eigenvalue weighted by Gasteiger charge is 2.30. The van der Waals surface area contributed by atoms with Crippen LogP contribution in [0.1, 0.15) is 39.3 Å². The van der Waals surface area contributed by atoms with Crippen LogP contribution in [-0.4, -0.2) is 31.8 Å². The summed E-state index contributed by atoms with van der Waals surface area (Å²) < 4.78 is 5.51. The summed E-state index contributed by atoms with van der Waals surface area (Å²) in [5, 5.41) is 0. The highest BCUT2D eigenvalue weighted by atomic mass is 16.6. The Balaban J connectivity index is 2.41. The zero-order valence-corrected chi connectivity index (χ0v) is 13.5. The van der Waals surface area contributed by atoms with E-state index in [0.29, 0.717) is 6.54 Å². The Bertz CT molecular complexity index is 535. The van der Waals surface area contributed by atoms with Crippen molar-refractivity contribution in [3.63, 3.8) is 0 Å². The topological polar surface area (TPSA) is 58.8 Å². The number of nitrogens with two attached hydrogens (primary N) is 1. The van der Waals surface area contributed by atoms with Crippen molar-refractivity contribution in [2.24, 2.45) is 5.73 Å². The molecule has 0 bridgehead atoms. The number of anilines is 2. The number of ether oxygens (including phenoxy) is 1. The Kier molecular flexibility index (Phi) is 4.14. The summed E-state index contributed by atoms with van der Waals surface area (Å²) in [4.78, 5) is 16.3. The van der Waals surface area contributed by atoms with Gasteiger partial charge in [0.2, 0.25) is 0 Å². The molecule has 0 aromatic heterocycles. The van der Waals surface area contributed by atoms with E-state index in [4.69, 9.17) is 10.5 Å². The number of para-hydroxylation sites is 1. The predicted octanol–water partition coefficient (Wildman–Crippen LogP) is 2.90. The van der Waals surface area contributed by atoms with Crippen LogP contribution < -0.4 is 15.5 Å². The third-order valence-electron chi connectivity index (χ3n) is 3.48. The lowest BCUT2D eigenvalue weighted by atomic mass is 10.0. The van der Waals surface area contributed by atoms with Gasteiger partial charge in [0.25, 0.3) is 0 Å². The van der Waals surface area contributed by atoms with E-state index in [1.165, 1.54) is 0 Å². The van der Waals surface area contributed by atoms with Crippen LogP contribution in [0.5, 0.6) is 0 Å². The summed E-state index contributed by atoms with van der Waals surface area (Å²) in [6.07, 6.45) is -0.307. The van der Waals surface area contributed by atoms with Crippen molar-refractivity contribution in [3.05, 3.63) is 23.8 Å². The van der Waals surface area contributed by atoms with Gasteiger partial charge in [-0.15, -0.1) is 0 Å². The summed E-state index contributed by atoms with van der Waals surface area (Å²) in [7, 11) is 2.02. The van der Waals surface area contributed by atoms with E-state index in [0.717, 1.165) is 23.5 Å². The molecule has 0 saturated carbocycles. The SMILES string of the molecule is CC(N)c1cccc2c1N(C)CCN2C(=O)OC(C)(C)C. The van der Waals surface area contributed by atoms with Crippen LogP contribution in [0.3, 0.4) is 0 Å². The van der Waals surface area contributed by atoms with Gasteiger partial charge in [-0.3, -0.25) is 4.90 Å². The number of amides is 1. The molecule has 0 aliphatic carbocycles. The fourth-order valence-electron chi connectivity index (χ4n) is 2.54. The molecule has 2 N–H and O–H groups in total. The third-order valence-corrected chi connectivity index (χ3v) is 3.48. The van der Waals surface area contributed by atoms with E-state index in [1.807, 2.05) is 52.9 Å². The summed E-state index contributed by atoms with van der Waals surface area (Å²) in [6, 6.07) is 5.81. The van der Waals surface area contributed by atoms with Crippen molar-refractivity contribution in [2.45, 2.75) is 39.3 Å². The van der Waals surface area contributed by atoms with Crippen molar-refractivity contribution >= 4 is 17.5 Å². The molecule has 0 spiro atoms. The first-order valence-electron chi connectivity index (χ1n) is 7.31. The average Bonchev–Trinajstić information content (AvgIpc) is 2.36. The van der Waals surface area contributed by atoms with E-state index in [1.54, 1.807) is 4.90 Å². The maximum atomic E-state index is 12.4. The van der Waals surface area contributed by atoms with Crippen LogP contribution in [0, 0.1) is 0 Å². The number of hydrogen-bond donors (Lipinski definition) is 1. The molecular formula is C16H25N3O2. The molecule has 1 amide bonds. The minimum atomic E-state index is -0.501. The highest BCUT2D eigenvalue weighted by Crippen LogP contribution is 2.38. The van der Waals surface area contributed by atoms with Gasteiger partial charge >= 0.3 is 6.09 Å². The Morgan fingerprint density at radius 1 is 1.33 bits per heavy atom. The molecule has 1 aliphatic rings. The zero-order valence-electron chi connectivity index (χ0n) is 13.5. The van der Waals surface area contributed by atoms with Crippen molar-refractivity contribution in [2.75, 3.05) is 29.9 Å². The molecule has 1 aliphatic heterocycles. The number of carbonyl (C=O) groups excluding carboxylic acids is 1. The Hall–Kier alpha value is -1.75. The van der Waals surface area contributed by atoms with Gasteiger partial charge in [0.15, 0.2) is 0 Å². The molecular weight excluding hydrogens is 266 g/mol. The molecule has 1 atom stereocenters. The standard InChI is InChI=1S/C16H25N3O2/c1-11(17)12-7-6-8-13-14(12)18(5)9-10-19(13)15(20)21-16(2,3)4/h6-8,11H,9-10,17H2,1-5H3. The molecule has 2 rings (SSSR count). The van der Waals surface area contributed by atoms with E-state index in [-0.39, 0.29) is 12.1 Å². The van der Waals surface area contributed by atoms with Crippen LogP contribution in [-0.2, 0) is 4.74 Å². The Morgan fingerprint density at radius 3 is 2.57 bits per heavy atom. The first-order valence-corrected chi connectivity index (χ1v) is 7.31. The lowest BCUT2D eigenvalue weighted by molar-refractivity contribution is 0.0580. The average molecular weight is 291 g/mol. The molecule has 1 unspecified atom stereocenters. The molecule has 1 heterocycles. The first-order chi connectivity index (χ1) is 9.70. The number of rotatable bonds is 1. The van der Waals surface area contributed by atoms with Gasteiger partial charge in [-0.1, -0.05) is 12.1 Å². The molecule has 21 heavy (non-hydrogen) atoms. The van der Waals surface area contributed by atoms with E-state index < -0.39 is 5.60 Å². The fourth-order valence-corrected chi connectivity index (χ4v) is 2.54. The molecule has 0 fully saturated rings. The number of benzene rings is 1. The predicted molar refractivity (Wildman–Crippen MR) is 85.9 cm³/mol. The van der Waals surface area contributed by atoms with Crippen LogP contribution in [0.25, 0.3) is 0 Å². The minimum absolute atomic E-state index is 0.0824. The van der Waals surface area contributed by atoms with Gasteiger partial charge in [0, 0.05) is 26.2 Å². The van der Waals surface area contributed by atoms with Crippen molar-refractivity contribution < 1.29 is 9.53 Å². The van der Waals surface area contributed by atoms with E-state index in [2.05, 4.69) is 4.90 Å².